The Labute approximate surface area is 200 Å². The minimum absolute atomic E-state index is 0.242. The summed E-state index contributed by atoms with van der Waals surface area (Å²) in [5.74, 6) is -0.836. The van der Waals surface area contributed by atoms with Crippen molar-refractivity contribution >= 4 is 55.5 Å². The Kier molecular flexibility index (Phi) is 7.05. The predicted octanol–water partition coefficient (Wildman–Crippen LogP) is 6.38. The third-order valence-corrected chi connectivity index (χ3v) is 7.24. The molecular formula is C25H25N3O3S2. The van der Waals surface area contributed by atoms with Crippen molar-refractivity contribution in [3.8, 4) is 11.1 Å². The molecule has 8 heteroatoms. The number of hydrogen-bond acceptors (Lipinski definition) is 7. The van der Waals surface area contributed by atoms with Gasteiger partial charge in [0.1, 0.15) is 20.3 Å². The van der Waals surface area contributed by atoms with Crippen molar-refractivity contribution in [2.24, 2.45) is 0 Å². The number of esters is 1. The molecule has 0 fully saturated rings. The molecule has 1 amide bonds. The molecule has 0 spiro atoms. The summed E-state index contributed by atoms with van der Waals surface area (Å²) in [6.07, 6.45) is 3.05. The molecule has 4 aromatic rings. The zero-order valence-corrected chi connectivity index (χ0v) is 20.1. The van der Waals surface area contributed by atoms with Crippen molar-refractivity contribution in [2.45, 2.75) is 33.1 Å². The molecule has 0 saturated carbocycles. The number of unbranched alkanes of at least 4 members (excludes halogenated alkanes) is 1. The normalized spacial score (nSPS) is 11.0. The van der Waals surface area contributed by atoms with E-state index in [9.17, 15) is 9.59 Å². The average molecular weight is 480 g/mol. The van der Waals surface area contributed by atoms with Gasteiger partial charge in [-0.1, -0.05) is 43.7 Å². The lowest BCUT2D eigenvalue weighted by molar-refractivity contribution is 0.0529. The largest absolute Gasteiger partial charge is 0.462 e. The number of aryl methyl sites for hydroxylation is 1. The van der Waals surface area contributed by atoms with Crippen LogP contribution in [0.25, 0.3) is 21.3 Å². The molecule has 0 bridgehead atoms. The van der Waals surface area contributed by atoms with Crippen LogP contribution in [0.5, 0.6) is 0 Å². The van der Waals surface area contributed by atoms with Crippen molar-refractivity contribution in [1.29, 1.82) is 0 Å². The second-order valence-corrected chi connectivity index (χ2v) is 9.38. The average Bonchev–Trinajstić information content (AvgIpc) is 3.39. The fourth-order valence-corrected chi connectivity index (χ4v) is 5.51. The van der Waals surface area contributed by atoms with Gasteiger partial charge in [-0.2, -0.15) is 0 Å². The highest BCUT2D eigenvalue weighted by Gasteiger charge is 2.25. The molecule has 3 aromatic heterocycles. The monoisotopic (exact) mass is 479 g/mol. The van der Waals surface area contributed by atoms with E-state index in [4.69, 9.17) is 10.5 Å². The summed E-state index contributed by atoms with van der Waals surface area (Å²) >= 11 is 2.55. The number of carbonyl (C=O) groups is 2. The van der Waals surface area contributed by atoms with Crippen LogP contribution < -0.4 is 11.1 Å². The number of amides is 1. The molecule has 3 N–H and O–H groups in total. The molecule has 0 unspecified atom stereocenters. The number of anilines is 2. The van der Waals surface area contributed by atoms with Crippen LogP contribution in [0, 0.1) is 0 Å². The first-order chi connectivity index (χ1) is 16.0. The molecule has 33 heavy (non-hydrogen) atoms. The van der Waals surface area contributed by atoms with E-state index in [0.29, 0.717) is 21.1 Å². The molecule has 0 aliphatic carbocycles. The lowest BCUT2D eigenvalue weighted by atomic mass is 10.0. The van der Waals surface area contributed by atoms with E-state index in [1.165, 1.54) is 22.7 Å². The van der Waals surface area contributed by atoms with Gasteiger partial charge < -0.3 is 15.8 Å². The van der Waals surface area contributed by atoms with Gasteiger partial charge in [0.2, 0.25) is 0 Å². The van der Waals surface area contributed by atoms with Crippen molar-refractivity contribution in [3.05, 3.63) is 64.0 Å². The van der Waals surface area contributed by atoms with E-state index in [0.717, 1.165) is 46.3 Å². The SMILES string of the molecule is CCCCc1ccc2c(N)c(C(=O)Nc3scc(-c4ccccc4)c3C(=O)OCC)sc2n1. The van der Waals surface area contributed by atoms with Crippen molar-refractivity contribution in [3.63, 3.8) is 0 Å². The Bertz CT molecular complexity index is 1300. The Balaban J connectivity index is 1.67. The molecule has 0 aliphatic rings. The topological polar surface area (TPSA) is 94.3 Å². The van der Waals surface area contributed by atoms with Gasteiger partial charge >= 0.3 is 5.97 Å². The van der Waals surface area contributed by atoms with Crippen LogP contribution in [-0.4, -0.2) is 23.5 Å². The van der Waals surface area contributed by atoms with E-state index in [2.05, 4.69) is 17.2 Å². The van der Waals surface area contributed by atoms with Crippen LogP contribution in [0.2, 0.25) is 0 Å². The zero-order chi connectivity index (χ0) is 23.4. The Morgan fingerprint density at radius 3 is 2.64 bits per heavy atom. The summed E-state index contributed by atoms with van der Waals surface area (Å²) in [5, 5.41) is 5.95. The minimum Gasteiger partial charge on any atom is -0.462 e. The molecule has 0 atom stereocenters. The summed E-state index contributed by atoms with van der Waals surface area (Å²) in [6, 6.07) is 13.4. The van der Waals surface area contributed by atoms with Crippen LogP contribution in [0.3, 0.4) is 0 Å². The maximum absolute atomic E-state index is 13.2. The first kappa shape index (κ1) is 22.9. The van der Waals surface area contributed by atoms with Crippen LogP contribution in [0.4, 0.5) is 10.7 Å². The highest BCUT2D eigenvalue weighted by molar-refractivity contribution is 7.21. The van der Waals surface area contributed by atoms with Gasteiger partial charge in [0.25, 0.3) is 5.91 Å². The van der Waals surface area contributed by atoms with Gasteiger partial charge in [-0.3, -0.25) is 4.79 Å². The summed E-state index contributed by atoms with van der Waals surface area (Å²) in [4.78, 5) is 31.8. The maximum Gasteiger partial charge on any atom is 0.341 e. The van der Waals surface area contributed by atoms with Gasteiger partial charge in [-0.05, 0) is 37.5 Å². The first-order valence-electron chi connectivity index (χ1n) is 10.9. The number of pyridine rings is 1. The quantitative estimate of drug-likeness (QED) is 0.286. The highest BCUT2D eigenvalue weighted by Crippen LogP contribution is 2.38. The smallest absolute Gasteiger partial charge is 0.341 e. The van der Waals surface area contributed by atoms with Crippen molar-refractivity contribution in [2.75, 3.05) is 17.7 Å². The Morgan fingerprint density at radius 2 is 1.91 bits per heavy atom. The number of fused-ring (bicyclic) bond motifs is 1. The molecule has 6 nitrogen and oxygen atoms in total. The second-order valence-electron chi connectivity index (χ2n) is 7.50. The predicted molar refractivity (Wildman–Crippen MR) is 136 cm³/mol. The van der Waals surface area contributed by atoms with E-state index < -0.39 is 5.97 Å². The molecule has 0 saturated heterocycles. The van der Waals surface area contributed by atoms with Gasteiger partial charge in [-0.25, -0.2) is 9.78 Å². The van der Waals surface area contributed by atoms with E-state index >= 15 is 0 Å². The fourth-order valence-electron chi connectivity index (χ4n) is 3.55. The number of benzene rings is 1. The molecule has 170 valence electrons. The summed E-state index contributed by atoms with van der Waals surface area (Å²) in [5.41, 5.74) is 9.65. The number of hydrogen-bond donors (Lipinski definition) is 2. The Hall–Kier alpha value is -3.23. The third-order valence-electron chi connectivity index (χ3n) is 5.23. The molecule has 0 radical (unpaired) electrons. The number of nitrogens with two attached hydrogens (primary N) is 1. The molecule has 0 aliphatic heterocycles. The highest BCUT2D eigenvalue weighted by atomic mass is 32.1. The van der Waals surface area contributed by atoms with Crippen LogP contribution >= 0.6 is 22.7 Å². The van der Waals surface area contributed by atoms with Gasteiger partial charge in [0, 0.05) is 22.0 Å². The standard InChI is InChI=1S/C25H25N3O3S2/c1-3-5-11-16-12-13-17-20(26)21(33-23(17)27-16)22(29)28-24-19(25(30)31-4-2)18(14-32-24)15-9-7-6-8-10-15/h6-10,12-14H,3-5,11,26H2,1-2H3,(H,28,29). The number of nitrogens with one attached hydrogen (secondary N) is 1. The van der Waals surface area contributed by atoms with Gasteiger partial charge in [0.05, 0.1) is 12.3 Å². The molecular weight excluding hydrogens is 454 g/mol. The number of thiophene rings is 2. The zero-order valence-electron chi connectivity index (χ0n) is 18.5. The van der Waals surface area contributed by atoms with Crippen LogP contribution in [-0.2, 0) is 11.2 Å². The van der Waals surface area contributed by atoms with Crippen molar-refractivity contribution in [1.82, 2.24) is 4.98 Å². The summed E-state index contributed by atoms with van der Waals surface area (Å²) < 4.78 is 5.28. The van der Waals surface area contributed by atoms with E-state index in [1.807, 2.05) is 47.8 Å². The maximum atomic E-state index is 13.2. The number of aromatic nitrogens is 1. The number of ether oxygens (including phenoxy) is 1. The second kappa shape index (κ2) is 10.1. The van der Waals surface area contributed by atoms with E-state index in [1.54, 1.807) is 6.92 Å². The van der Waals surface area contributed by atoms with Crippen LogP contribution in [0.15, 0.2) is 47.8 Å². The minimum atomic E-state index is -0.473. The number of rotatable bonds is 8. The molecule has 3 heterocycles. The number of nitrogen functional groups attached to an aromatic ring is 1. The molecule has 4 rings (SSSR count). The summed E-state index contributed by atoms with van der Waals surface area (Å²) in [6.45, 7) is 4.14. The lowest BCUT2D eigenvalue weighted by Crippen LogP contribution is -2.14. The van der Waals surface area contributed by atoms with Gasteiger partial charge in [0.15, 0.2) is 0 Å². The van der Waals surface area contributed by atoms with Gasteiger partial charge in [-0.15, -0.1) is 22.7 Å². The number of carbonyl (C=O) groups excluding carboxylic acids is 2. The lowest BCUT2D eigenvalue weighted by Gasteiger charge is -2.08. The number of nitrogens with zero attached hydrogens (tertiary/aromatic N) is 1. The van der Waals surface area contributed by atoms with E-state index in [-0.39, 0.29) is 12.5 Å². The fraction of sp³-hybridized carbons (Fsp3) is 0.240. The summed E-state index contributed by atoms with van der Waals surface area (Å²) in [7, 11) is 0. The first-order valence-corrected chi connectivity index (χ1v) is 12.6. The molecule has 1 aromatic carbocycles. The van der Waals surface area contributed by atoms with Crippen LogP contribution in [0.1, 0.15) is 52.4 Å². The van der Waals surface area contributed by atoms with Crippen molar-refractivity contribution < 1.29 is 14.3 Å². The third kappa shape index (κ3) is 4.77. The Morgan fingerprint density at radius 1 is 1.12 bits per heavy atom.